The first kappa shape index (κ1) is 11.8. The lowest BCUT2D eigenvalue weighted by atomic mass is 9.88. The summed E-state index contributed by atoms with van der Waals surface area (Å²) in [5.41, 5.74) is 0. The van der Waals surface area contributed by atoms with Gasteiger partial charge in [0.1, 0.15) is 12.2 Å². The number of rotatable bonds is 2. The number of nitrogens with one attached hydrogen (secondary N) is 1. The van der Waals surface area contributed by atoms with E-state index in [0.29, 0.717) is 0 Å². The van der Waals surface area contributed by atoms with Crippen LogP contribution in [0.2, 0.25) is 0 Å². The van der Waals surface area contributed by atoms with Crippen LogP contribution in [0.15, 0.2) is 0 Å². The highest BCUT2D eigenvalue weighted by atomic mass is 16.4. The lowest BCUT2D eigenvalue weighted by Crippen LogP contribution is -2.67. The standard InChI is InChI=1S/C8H17NO5/c1-3-6(12)8(14)7(13)5(9-3)4(11)2-10/h3-14H,2H2,1H3/t3-,4+,5+,6+,7+,8+/m1/s1. The summed E-state index contributed by atoms with van der Waals surface area (Å²) in [5, 5.41) is 49.0. The van der Waals surface area contributed by atoms with Gasteiger partial charge in [-0.15, -0.1) is 0 Å². The molecule has 0 saturated carbocycles. The van der Waals surface area contributed by atoms with Crippen molar-refractivity contribution in [3.05, 3.63) is 0 Å². The van der Waals surface area contributed by atoms with Crippen molar-refractivity contribution in [3.63, 3.8) is 0 Å². The Kier molecular flexibility index (Phi) is 3.82. The molecular weight excluding hydrogens is 190 g/mol. The van der Waals surface area contributed by atoms with E-state index in [0.717, 1.165) is 0 Å². The van der Waals surface area contributed by atoms with E-state index in [1.54, 1.807) is 6.92 Å². The van der Waals surface area contributed by atoms with Crippen molar-refractivity contribution in [1.82, 2.24) is 5.32 Å². The quantitative estimate of drug-likeness (QED) is 0.284. The molecule has 0 aliphatic carbocycles. The first-order valence-electron chi connectivity index (χ1n) is 4.58. The summed E-state index contributed by atoms with van der Waals surface area (Å²) in [7, 11) is 0. The van der Waals surface area contributed by atoms with Crippen LogP contribution in [-0.4, -0.2) is 68.6 Å². The summed E-state index contributed by atoms with van der Waals surface area (Å²) in [4.78, 5) is 0. The summed E-state index contributed by atoms with van der Waals surface area (Å²) in [6, 6.07) is -1.27. The Morgan fingerprint density at radius 3 is 2.21 bits per heavy atom. The Morgan fingerprint density at radius 1 is 1.14 bits per heavy atom. The van der Waals surface area contributed by atoms with E-state index in [-0.39, 0.29) is 0 Å². The van der Waals surface area contributed by atoms with E-state index in [9.17, 15) is 20.4 Å². The molecule has 1 aliphatic rings. The van der Waals surface area contributed by atoms with Gasteiger partial charge in [0, 0.05) is 6.04 Å². The van der Waals surface area contributed by atoms with Crippen molar-refractivity contribution in [3.8, 4) is 0 Å². The molecule has 0 aromatic carbocycles. The van der Waals surface area contributed by atoms with Crippen LogP contribution in [0.4, 0.5) is 0 Å². The van der Waals surface area contributed by atoms with Crippen molar-refractivity contribution in [2.75, 3.05) is 6.61 Å². The highest BCUT2D eigenvalue weighted by Crippen LogP contribution is 2.17. The van der Waals surface area contributed by atoms with Crippen LogP contribution in [-0.2, 0) is 0 Å². The molecule has 1 aliphatic heterocycles. The van der Waals surface area contributed by atoms with E-state index in [1.807, 2.05) is 0 Å². The van der Waals surface area contributed by atoms with Gasteiger partial charge >= 0.3 is 0 Å². The molecule has 6 atom stereocenters. The van der Waals surface area contributed by atoms with E-state index >= 15 is 0 Å². The molecule has 0 radical (unpaired) electrons. The van der Waals surface area contributed by atoms with Gasteiger partial charge in [-0.3, -0.25) is 0 Å². The second-order valence-corrected chi connectivity index (χ2v) is 3.70. The van der Waals surface area contributed by atoms with Gasteiger partial charge < -0.3 is 30.8 Å². The van der Waals surface area contributed by atoms with Crippen molar-refractivity contribution < 1.29 is 25.5 Å². The zero-order valence-electron chi connectivity index (χ0n) is 7.91. The van der Waals surface area contributed by atoms with E-state index in [2.05, 4.69) is 5.32 Å². The molecule has 1 rings (SSSR count). The Balaban J connectivity index is 2.70. The number of piperidine rings is 1. The second-order valence-electron chi connectivity index (χ2n) is 3.70. The van der Waals surface area contributed by atoms with Crippen LogP contribution in [0.25, 0.3) is 0 Å². The van der Waals surface area contributed by atoms with Gasteiger partial charge in [-0.1, -0.05) is 0 Å². The summed E-state index contributed by atoms with van der Waals surface area (Å²) in [6.45, 7) is 1.11. The normalized spacial score (nSPS) is 46.3. The lowest BCUT2D eigenvalue weighted by Gasteiger charge is -2.41. The lowest BCUT2D eigenvalue weighted by molar-refractivity contribution is -0.132. The van der Waals surface area contributed by atoms with Gasteiger partial charge in [0.2, 0.25) is 0 Å². The largest absolute Gasteiger partial charge is 0.394 e. The third kappa shape index (κ3) is 2.05. The summed E-state index contributed by atoms with van der Waals surface area (Å²) in [5.74, 6) is 0. The maximum Gasteiger partial charge on any atom is 0.109 e. The first-order chi connectivity index (χ1) is 6.49. The third-order valence-corrected chi connectivity index (χ3v) is 2.64. The van der Waals surface area contributed by atoms with Crippen molar-refractivity contribution in [1.29, 1.82) is 0 Å². The topological polar surface area (TPSA) is 113 Å². The monoisotopic (exact) mass is 207 g/mol. The zero-order valence-corrected chi connectivity index (χ0v) is 7.91. The van der Waals surface area contributed by atoms with Gasteiger partial charge in [-0.25, -0.2) is 0 Å². The molecule has 0 aromatic heterocycles. The maximum atomic E-state index is 9.48. The maximum absolute atomic E-state index is 9.48. The highest BCUT2D eigenvalue weighted by molar-refractivity contribution is 4.99. The Bertz CT molecular complexity index is 191. The molecule has 1 fully saturated rings. The summed E-state index contributed by atoms with van der Waals surface area (Å²) < 4.78 is 0. The minimum Gasteiger partial charge on any atom is -0.394 e. The molecule has 0 unspecified atom stereocenters. The molecule has 1 heterocycles. The second kappa shape index (κ2) is 4.52. The molecular formula is C8H17NO5. The zero-order chi connectivity index (χ0) is 10.9. The van der Waals surface area contributed by atoms with E-state index < -0.39 is 43.1 Å². The third-order valence-electron chi connectivity index (χ3n) is 2.64. The number of aliphatic hydroxyl groups is 5. The van der Waals surface area contributed by atoms with Crippen LogP contribution in [0.3, 0.4) is 0 Å². The summed E-state index contributed by atoms with van der Waals surface area (Å²) >= 11 is 0. The van der Waals surface area contributed by atoms with Gasteiger partial charge in [-0.05, 0) is 6.92 Å². The highest BCUT2D eigenvalue weighted by Gasteiger charge is 2.42. The van der Waals surface area contributed by atoms with Crippen LogP contribution in [0.5, 0.6) is 0 Å². The minimum atomic E-state index is -1.31. The SMILES string of the molecule is C[C@H]1N[C@@H]([C@@H](O)CO)[C@H](O)[C@@H](O)[C@H]1O. The van der Waals surface area contributed by atoms with Crippen molar-refractivity contribution >= 4 is 0 Å². The van der Waals surface area contributed by atoms with Crippen LogP contribution in [0, 0.1) is 0 Å². The van der Waals surface area contributed by atoms with E-state index in [1.165, 1.54) is 0 Å². The molecule has 6 N–H and O–H groups in total. The van der Waals surface area contributed by atoms with E-state index in [4.69, 9.17) is 5.11 Å². The van der Waals surface area contributed by atoms with Crippen LogP contribution >= 0.6 is 0 Å². The molecule has 0 amide bonds. The van der Waals surface area contributed by atoms with Crippen molar-refractivity contribution in [2.24, 2.45) is 0 Å². The number of aliphatic hydroxyl groups excluding tert-OH is 5. The average molecular weight is 207 g/mol. The Morgan fingerprint density at radius 2 is 1.71 bits per heavy atom. The molecule has 0 bridgehead atoms. The number of hydrogen-bond acceptors (Lipinski definition) is 6. The van der Waals surface area contributed by atoms with Gasteiger partial charge in [-0.2, -0.15) is 0 Å². The fourth-order valence-electron chi connectivity index (χ4n) is 1.66. The Labute approximate surface area is 81.8 Å². The van der Waals surface area contributed by atoms with Gasteiger partial charge in [0.05, 0.1) is 24.9 Å². The van der Waals surface area contributed by atoms with Crippen molar-refractivity contribution in [2.45, 2.75) is 43.4 Å². The van der Waals surface area contributed by atoms with Crippen LogP contribution in [0.1, 0.15) is 6.92 Å². The van der Waals surface area contributed by atoms with Gasteiger partial charge in [0.25, 0.3) is 0 Å². The first-order valence-corrected chi connectivity index (χ1v) is 4.58. The fourth-order valence-corrected chi connectivity index (χ4v) is 1.66. The molecule has 0 spiro atoms. The molecule has 6 nitrogen and oxygen atoms in total. The number of hydrogen-bond donors (Lipinski definition) is 6. The predicted molar refractivity (Wildman–Crippen MR) is 47.5 cm³/mol. The average Bonchev–Trinajstić information content (AvgIpc) is 2.19. The fraction of sp³-hybridized carbons (Fsp3) is 1.00. The minimum absolute atomic E-state index is 0.445. The molecule has 1 saturated heterocycles. The molecule has 0 aromatic rings. The predicted octanol–water partition coefficient (Wildman–Crippen LogP) is -3.22. The molecule has 84 valence electrons. The summed E-state index contributed by atoms with van der Waals surface area (Å²) in [6.07, 6.45) is -4.83. The molecule has 14 heavy (non-hydrogen) atoms. The molecule has 6 heteroatoms. The van der Waals surface area contributed by atoms with Crippen LogP contribution < -0.4 is 5.32 Å². The van der Waals surface area contributed by atoms with Gasteiger partial charge in [0.15, 0.2) is 0 Å². The smallest absolute Gasteiger partial charge is 0.109 e. The Hall–Kier alpha value is -0.240.